The number of carbonyl (C=O) groups excluding carboxylic acids is 1. The first kappa shape index (κ1) is 18.9. The van der Waals surface area contributed by atoms with Crippen molar-refractivity contribution in [1.29, 1.82) is 0 Å². The Morgan fingerprint density at radius 1 is 1.18 bits per heavy atom. The van der Waals surface area contributed by atoms with Crippen molar-refractivity contribution in [2.45, 2.75) is 23.7 Å². The smallest absolute Gasteiger partial charge is 0.282 e. The van der Waals surface area contributed by atoms with Crippen LogP contribution in [-0.4, -0.2) is 39.6 Å². The summed E-state index contributed by atoms with van der Waals surface area (Å²) < 4.78 is 1.21. The van der Waals surface area contributed by atoms with E-state index in [4.69, 9.17) is 4.98 Å². The second kappa shape index (κ2) is 8.28. The third kappa shape index (κ3) is 4.02. The maximum absolute atomic E-state index is 12.6. The van der Waals surface area contributed by atoms with Gasteiger partial charge in [-0.3, -0.25) is 14.9 Å². The summed E-state index contributed by atoms with van der Waals surface area (Å²) in [4.78, 5) is 30.4. The molecule has 0 saturated carbocycles. The number of rotatable bonds is 5. The largest absolute Gasteiger partial charge is 0.342 e. The van der Waals surface area contributed by atoms with E-state index in [1.54, 1.807) is 29.5 Å². The Morgan fingerprint density at radius 2 is 1.89 bits per heavy atom. The number of para-hydroxylation sites is 2. The lowest BCUT2D eigenvalue weighted by atomic mass is 9.97. The van der Waals surface area contributed by atoms with Crippen molar-refractivity contribution in [3.8, 4) is 0 Å². The van der Waals surface area contributed by atoms with Crippen molar-refractivity contribution < 1.29 is 9.72 Å². The van der Waals surface area contributed by atoms with Crippen molar-refractivity contribution in [2.75, 3.05) is 18.8 Å². The van der Waals surface area contributed by atoms with Crippen molar-refractivity contribution in [3.63, 3.8) is 0 Å². The molecule has 0 spiro atoms. The topological polar surface area (TPSA) is 76.3 Å². The number of nitro groups is 1. The van der Waals surface area contributed by atoms with Crippen LogP contribution in [0.25, 0.3) is 10.2 Å². The number of thiazole rings is 1. The monoisotopic (exact) mass is 413 g/mol. The number of hydrogen-bond donors (Lipinski definition) is 0. The molecule has 4 rings (SSSR count). The summed E-state index contributed by atoms with van der Waals surface area (Å²) in [6.45, 7) is 1.41. The summed E-state index contributed by atoms with van der Waals surface area (Å²) in [5, 5.41) is 12.3. The molecule has 0 atom stereocenters. The Labute approximate surface area is 170 Å². The van der Waals surface area contributed by atoms with E-state index in [2.05, 4.69) is 6.07 Å². The number of nitrogens with zero attached hydrogens (tertiary/aromatic N) is 3. The van der Waals surface area contributed by atoms with Gasteiger partial charge in [-0.2, -0.15) is 0 Å². The molecule has 3 aromatic rings. The van der Waals surface area contributed by atoms with Gasteiger partial charge in [0.25, 0.3) is 5.69 Å². The third-order valence-electron chi connectivity index (χ3n) is 4.92. The van der Waals surface area contributed by atoms with Crippen molar-refractivity contribution in [2.24, 2.45) is 0 Å². The first-order chi connectivity index (χ1) is 13.6. The van der Waals surface area contributed by atoms with Gasteiger partial charge in [-0.05, 0) is 31.0 Å². The quantitative estimate of drug-likeness (QED) is 0.344. The van der Waals surface area contributed by atoms with E-state index in [1.165, 1.54) is 22.5 Å². The van der Waals surface area contributed by atoms with E-state index in [1.807, 2.05) is 23.1 Å². The second-order valence-corrected chi connectivity index (χ2v) is 8.77. The maximum atomic E-state index is 12.6. The number of hydrogen-bond acceptors (Lipinski definition) is 6. The third-order valence-corrected chi connectivity index (χ3v) is 7.17. The average molecular weight is 414 g/mol. The molecule has 1 aromatic heterocycles. The fourth-order valence-corrected chi connectivity index (χ4v) is 5.46. The number of nitro benzene ring substituents is 1. The van der Waals surface area contributed by atoms with Crippen LogP contribution in [0.15, 0.2) is 53.4 Å². The second-order valence-electron chi connectivity index (χ2n) is 6.69. The molecule has 1 fully saturated rings. The van der Waals surface area contributed by atoms with Crippen LogP contribution in [0.1, 0.15) is 23.8 Å². The molecule has 1 amide bonds. The molecule has 28 heavy (non-hydrogen) atoms. The van der Waals surface area contributed by atoms with Gasteiger partial charge in [0.2, 0.25) is 5.91 Å². The first-order valence-corrected chi connectivity index (χ1v) is 10.9. The lowest BCUT2D eigenvalue weighted by molar-refractivity contribution is -0.387. The Morgan fingerprint density at radius 3 is 2.64 bits per heavy atom. The average Bonchev–Trinajstić information content (AvgIpc) is 3.16. The number of aromatic nitrogens is 1. The SMILES string of the molecule is O=C(CSc1ccccc1[N+](=O)[O-])N1CCC(c2nc3ccccc3s2)CC1. The molecule has 2 heterocycles. The van der Waals surface area contributed by atoms with E-state index >= 15 is 0 Å². The lowest BCUT2D eigenvalue weighted by Gasteiger charge is -2.31. The van der Waals surface area contributed by atoms with Gasteiger partial charge in [0.05, 0.1) is 30.8 Å². The number of thioether (sulfide) groups is 1. The van der Waals surface area contributed by atoms with Crippen molar-refractivity contribution in [1.82, 2.24) is 9.88 Å². The molecule has 8 heteroatoms. The van der Waals surface area contributed by atoms with Gasteiger partial charge in [-0.25, -0.2) is 4.98 Å². The van der Waals surface area contributed by atoms with E-state index in [0.717, 1.165) is 23.4 Å². The summed E-state index contributed by atoms with van der Waals surface area (Å²) in [7, 11) is 0. The van der Waals surface area contributed by atoms with Crippen molar-refractivity contribution in [3.05, 3.63) is 63.7 Å². The Bertz CT molecular complexity index is 980. The molecular formula is C20H19N3O3S2. The zero-order chi connectivity index (χ0) is 19.5. The molecule has 0 bridgehead atoms. The molecule has 144 valence electrons. The number of carbonyl (C=O) groups is 1. The Balaban J connectivity index is 1.33. The highest BCUT2D eigenvalue weighted by molar-refractivity contribution is 8.00. The lowest BCUT2D eigenvalue weighted by Crippen LogP contribution is -2.38. The van der Waals surface area contributed by atoms with Crippen molar-refractivity contribution >= 4 is 44.9 Å². The summed E-state index contributed by atoms with van der Waals surface area (Å²) in [5.41, 5.74) is 1.09. The maximum Gasteiger partial charge on any atom is 0.282 e. The van der Waals surface area contributed by atoms with E-state index in [-0.39, 0.29) is 17.3 Å². The molecule has 1 aliphatic rings. The molecule has 0 N–H and O–H groups in total. The summed E-state index contributed by atoms with van der Waals surface area (Å²) in [6, 6.07) is 14.7. The molecule has 2 aromatic carbocycles. The zero-order valence-electron chi connectivity index (χ0n) is 15.1. The van der Waals surface area contributed by atoms with Gasteiger partial charge in [-0.15, -0.1) is 23.1 Å². The first-order valence-electron chi connectivity index (χ1n) is 9.11. The number of piperidine rings is 1. The molecule has 0 unspecified atom stereocenters. The fourth-order valence-electron chi connectivity index (χ4n) is 3.40. The molecule has 1 aliphatic heterocycles. The minimum Gasteiger partial charge on any atom is -0.342 e. The predicted octanol–water partition coefficient (Wildman–Crippen LogP) is 4.70. The highest BCUT2D eigenvalue weighted by Gasteiger charge is 2.26. The predicted molar refractivity (Wildman–Crippen MR) is 112 cm³/mol. The van der Waals surface area contributed by atoms with Crippen LogP contribution in [-0.2, 0) is 4.79 Å². The van der Waals surface area contributed by atoms with Gasteiger partial charge >= 0.3 is 0 Å². The van der Waals surface area contributed by atoms with E-state index < -0.39 is 4.92 Å². The molecular weight excluding hydrogens is 394 g/mol. The van der Waals surface area contributed by atoms with Crippen LogP contribution in [0, 0.1) is 10.1 Å². The van der Waals surface area contributed by atoms with Gasteiger partial charge in [0, 0.05) is 25.1 Å². The molecule has 1 saturated heterocycles. The van der Waals surface area contributed by atoms with Crippen LogP contribution in [0.2, 0.25) is 0 Å². The number of fused-ring (bicyclic) bond motifs is 1. The normalized spacial score (nSPS) is 15.1. The zero-order valence-corrected chi connectivity index (χ0v) is 16.7. The van der Waals surface area contributed by atoms with Crippen LogP contribution >= 0.6 is 23.1 Å². The van der Waals surface area contributed by atoms with Gasteiger partial charge in [-0.1, -0.05) is 24.3 Å². The van der Waals surface area contributed by atoms with Crippen LogP contribution in [0.5, 0.6) is 0 Å². The fraction of sp³-hybridized carbons (Fsp3) is 0.300. The van der Waals surface area contributed by atoms with Gasteiger partial charge in [0.15, 0.2) is 0 Å². The van der Waals surface area contributed by atoms with E-state index in [0.29, 0.717) is 23.9 Å². The standard InChI is InChI=1S/C20H19N3O3S2/c24-19(13-27-18-8-4-2-6-16(18)23(25)26)22-11-9-14(10-12-22)20-21-15-5-1-3-7-17(15)28-20/h1-8,14H,9-13H2. The number of benzene rings is 2. The molecule has 6 nitrogen and oxygen atoms in total. The van der Waals surface area contributed by atoms with Gasteiger partial charge in [0.1, 0.15) is 0 Å². The molecule has 0 radical (unpaired) electrons. The highest BCUT2D eigenvalue weighted by Crippen LogP contribution is 2.34. The Kier molecular flexibility index (Phi) is 5.59. The van der Waals surface area contributed by atoms with Gasteiger partial charge < -0.3 is 4.90 Å². The number of likely N-dealkylation sites (tertiary alicyclic amines) is 1. The highest BCUT2D eigenvalue weighted by atomic mass is 32.2. The van der Waals surface area contributed by atoms with Crippen LogP contribution < -0.4 is 0 Å². The Hall–Kier alpha value is -2.45. The van der Waals surface area contributed by atoms with E-state index in [9.17, 15) is 14.9 Å². The summed E-state index contributed by atoms with van der Waals surface area (Å²) in [5.74, 6) is 0.645. The minimum atomic E-state index is -0.406. The number of amides is 1. The van der Waals surface area contributed by atoms with Crippen LogP contribution in [0.3, 0.4) is 0 Å². The summed E-state index contributed by atoms with van der Waals surface area (Å²) in [6.07, 6.45) is 1.81. The van der Waals surface area contributed by atoms with Crippen LogP contribution in [0.4, 0.5) is 5.69 Å². The molecule has 0 aliphatic carbocycles. The minimum absolute atomic E-state index is 0.0332. The summed E-state index contributed by atoms with van der Waals surface area (Å²) >= 11 is 2.98.